The maximum absolute atomic E-state index is 14.2. The van der Waals surface area contributed by atoms with Crippen LogP contribution in [-0.2, 0) is 30.0 Å². The number of ether oxygens (including phenoxy) is 1. The lowest BCUT2D eigenvalue weighted by Gasteiger charge is -2.25. The van der Waals surface area contributed by atoms with E-state index in [0.29, 0.717) is 48.5 Å². The Balaban J connectivity index is 1.58. The summed E-state index contributed by atoms with van der Waals surface area (Å²) in [7, 11) is -2.21. The summed E-state index contributed by atoms with van der Waals surface area (Å²) >= 11 is 0. The third-order valence-corrected chi connectivity index (χ3v) is 9.34. The molecule has 0 aliphatic carbocycles. The van der Waals surface area contributed by atoms with Crippen LogP contribution in [0.1, 0.15) is 50.8 Å². The zero-order valence-electron chi connectivity index (χ0n) is 24.5. The molecule has 42 heavy (non-hydrogen) atoms. The number of nitrogens with one attached hydrogen (secondary N) is 1. The van der Waals surface area contributed by atoms with Crippen LogP contribution in [0.2, 0.25) is 0 Å². The van der Waals surface area contributed by atoms with Gasteiger partial charge >= 0.3 is 0 Å². The van der Waals surface area contributed by atoms with Crippen LogP contribution >= 0.6 is 0 Å². The van der Waals surface area contributed by atoms with Gasteiger partial charge in [-0.15, -0.1) is 0 Å². The Kier molecular flexibility index (Phi) is 9.34. The smallest absolute Gasteiger partial charge is 0.277 e. The Hall–Kier alpha value is -3.61. The number of pyridine rings is 1. The number of aromatic nitrogens is 5. The average Bonchev–Trinajstić information content (AvgIpc) is 3.62. The fourth-order valence-electron chi connectivity index (χ4n) is 5.36. The monoisotopic (exact) mass is 593 g/mol. The molecule has 0 bridgehead atoms. The van der Waals surface area contributed by atoms with Crippen molar-refractivity contribution in [3.63, 3.8) is 0 Å². The van der Waals surface area contributed by atoms with E-state index in [9.17, 15) is 13.2 Å². The minimum Gasteiger partial charge on any atom is -0.493 e. The van der Waals surface area contributed by atoms with Crippen molar-refractivity contribution >= 4 is 21.1 Å². The van der Waals surface area contributed by atoms with Gasteiger partial charge in [-0.2, -0.15) is 9.40 Å². The second-order valence-corrected chi connectivity index (χ2v) is 12.6. The predicted molar refractivity (Wildman–Crippen MR) is 162 cm³/mol. The summed E-state index contributed by atoms with van der Waals surface area (Å²) in [5.41, 5.74) is 2.50. The molecule has 0 radical (unpaired) electrons. The Labute approximate surface area is 246 Å². The first-order valence-corrected chi connectivity index (χ1v) is 16.1. The first-order valence-electron chi connectivity index (χ1n) is 14.7. The van der Waals surface area contributed by atoms with E-state index in [1.807, 2.05) is 26.0 Å². The highest BCUT2D eigenvalue weighted by molar-refractivity contribution is 7.89. The lowest BCUT2D eigenvalue weighted by molar-refractivity contribution is 0.291. The minimum absolute atomic E-state index is 0.106. The van der Waals surface area contributed by atoms with E-state index in [4.69, 9.17) is 9.72 Å². The molecule has 1 aliphatic rings. The molecular formula is C30H39N7O4S. The van der Waals surface area contributed by atoms with Gasteiger partial charge in [-0.25, -0.2) is 13.4 Å². The van der Waals surface area contributed by atoms with E-state index in [2.05, 4.69) is 20.0 Å². The summed E-state index contributed by atoms with van der Waals surface area (Å²) in [6.45, 7) is 7.62. The summed E-state index contributed by atoms with van der Waals surface area (Å²) in [6.07, 6.45) is 7.90. The molecule has 224 valence electrons. The standard InChI is InChI=1S/C30H39N7O4S/c1-4-9-25-27-28(35(3)34-25)30(38)33-29(32-27)24-19-23(11-12-26(24)41-18-5-2)42(39,40)37(17-16-36-14-6-7-15-36)21-22-10-8-13-31-20-22/h8,10-13,19-20H,4-7,9,14-18,21H2,1-3H3,(H,32,33,38). The first kappa shape index (κ1) is 29.9. The van der Waals surface area contributed by atoms with E-state index in [0.717, 1.165) is 50.0 Å². The number of rotatable bonds is 13. The number of benzene rings is 1. The topological polar surface area (TPSA) is 126 Å². The van der Waals surface area contributed by atoms with E-state index < -0.39 is 10.0 Å². The van der Waals surface area contributed by atoms with Gasteiger partial charge in [-0.3, -0.25) is 14.5 Å². The van der Waals surface area contributed by atoms with E-state index in [1.54, 1.807) is 42.3 Å². The molecule has 0 atom stereocenters. The molecule has 1 saturated heterocycles. The van der Waals surface area contributed by atoms with Crippen LogP contribution in [0, 0.1) is 0 Å². The quantitative estimate of drug-likeness (QED) is 0.248. The largest absolute Gasteiger partial charge is 0.493 e. The molecule has 1 aliphatic heterocycles. The molecule has 1 N–H and O–H groups in total. The van der Waals surface area contributed by atoms with Gasteiger partial charge in [0.15, 0.2) is 5.52 Å². The van der Waals surface area contributed by atoms with Crippen LogP contribution in [0.25, 0.3) is 22.4 Å². The molecule has 1 aromatic carbocycles. The van der Waals surface area contributed by atoms with E-state index in [1.165, 1.54) is 4.31 Å². The van der Waals surface area contributed by atoms with Crippen LogP contribution in [0.15, 0.2) is 52.4 Å². The van der Waals surface area contributed by atoms with Crippen molar-refractivity contribution in [3.8, 4) is 17.1 Å². The highest BCUT2D eigenvalue weighted by Gasteiger charge is 2.28. The number of aryl methyl sites for hydroxylation is 2. The Morgan fingerprint density at radius 2 is 1.93 bits per heavy atom. The van der Waals surface area contributed by atoms with E-state index >= 15 is 0 Å². The molecule has 0 saturated carbocycles. The van der Waals surface area contributed by atoms with Gasteiger partial charge in [0.25, 0.3) is 5.56 Å². The van der Waals surface area contributed by atoms with Crippen LogP contribution in [0.4, 0.5) is 0 Å². The normalized spacial score (nSPS) is 14.3. The van der Waals surface area contributed by atoms with E-state index in [-0.39, 0.29) is 22.8 Å². The summed E-state index contributed by atoms with van der Waals surface area (Å²) in [5, 5.41) is 4.51. The van der Waals surface area contributed by atoms with Gasteiger partial charge < -0.3 is 14.6 Å². The number of likely N-dealkylation sites (tertiary alicyclic amines) is 1. The number of H-pyrrole nitrogens is 1. The Bertz CT molecular complexity index is 1680. The fourth-order valence-corrected chi connectivity index (χ4v) is 6.81. The summed E-state index contributed by atoms with van der Waals surface area (Å²) in [4.78, 5) is 27.4. The van der Waals surface area contributed by atoms with Crippen molar-refractivity contribution in [2.24, 2.45) is 7.05 Å². The van der Waals surface area contributed by atoms with Gasteiger partial charge in [0.1, 0.15) is 17.1 Å². The SMILES string of the molecule is CCCOc1ccc(S(=O)(=O)N(CCN2CCCC2)Cc2cccnc2)cc1-c1nc2c(CCC)nn(C)c2c(=O)[nH]1. The van der Waals surface area contributed by atoms with Crippen LogP contribution < -0.4 is 10.3 Å². The maximum atomic E-state index is 14.2. The molecule has 5 rings (SSSR count). The molecule has 12 heteroatoms. The van der Waals surface area contributed by atoms with Crippen molar-refractivity contribution in [1.82, 2.24) is 33.9 Å². The van der Waals surface area contributed by atoms with Gasteiger partial charge in [-0.05, 0) is 68.6 Å². The number of aromatic amines is 1. The van der Waals surface area contributed by atoms with Gasteiger partial charge in [-0.1, -0.05) is 26.3 Å². The third kappa shape index (κ3) is 6.40. The van der Waals surface area contributed by atoms with Gasteiger partial charge in [0.2, 0.25) is 10.0 Å². The second kappa shape index (κ2) is 13.1. The zero-order valence-corrected chi connectivity index (χ0v) is 25.4. The number of sulfonamides is 1. The van der Waals surface area contributed by atoms with Crippen molar-refractivity contribution in [3.05, 3.63) is 64.3 Å². The van der Waals surface area contributed by atoms with Gasteiger partial charge in [0, 0.05) is 39.1 Å². The average molecular weight is 594 g/mol. The lowest BCUT2D eigenvalue weighted by atomic mass is 10.1. The Morgan fingerprint density at radius 3 is 2.64 bits per heavy atom. The van der Waals surface area contributed by atoms with Crippen LogP contribution in [0.5, 0.6) is 5.75 Å². The van der Waals surface area contributed by atoms with Crippen molar-refractivity contribution in [1.29, 1.82) is 0 Å². The number of hydrogen-bond acceptors (Lipinski definition) is 8. The predicted octanol–water partition coefficient (Wildman–Crippen LogP) is 3.75. The molecule has 1 fully saturated rings. The highest BCUT2D eigenvalue weighted by atomic mass is 32.2. The molecule has 4 heterocycles. The van der Waals surface area contributed by atoms with Gasteiger partial charge in [0.05, 0.1) is 22.8 Å². The summed E-state index contributed by atoms with van der Waals surface area (Å²) < 4.78 is 37.5. The number of hydrogen-bond donors (Lipinski definition) is 1. The maximum Gasteiger partial charge on any atom is 0.277 e. The molecular weight excluding hydrogens is 554 g/mol. The highest BCUT2D eigenvalue weighted by Crippen LogP contribution is 2.32. The molecule has 0 spiro atoms. The third-order valence-electron chi connectivity index (χ3n) is 7.50. The zero-order chi connectivity index (χ0) is 29.7. The van der Waals surface area contributed by atoms with Crippen molar-refractivity contribution < 1.29 is 13.2 Å². The second-order valence-electron chi connectivity index (χ2n) is 10.7. The summed E-state index contributed by atoms with van der Waals surface area (Å²) in [5.74, 6) is 0.701. The molecule has 0 amide bonds. The fraction of sp³-hybridized carbons (Fsp3) is 0.467. The van der Waals surface area contributed by atoms with Crippen molar-refractivity contribution in [2.45, 2.75) is 57.4 Å². The molecule has 3 aromatic heterocycles. The number of nitrogens with zero attached hydrogens (tertiary/aromatic N) is 6. The molecule has 11 nitrogen and oxygen atoms in total. The number of fused-ring (bicyclic) bond motifs is 1. The van der Waals surface area contributed by atoms with Crippen LogP contribution in [-0.4, -0.2) is 75.1 Å². The summed E-state index contributed by atoms with van der Waals surface area (Å²) in [6, 6.07) is 8.47. The lowest BCUT2D eigenvalue weighted by Crippen LogP contribution is -2.37. The van der Waals surface area contributed by atoms with Crippen molar-refractivity contribution in [2.75, 3.05) is 32.8 Å². The first-order chi connectivity index (χ1) is 20.3. The van der Waals surface area contributed by atoms with Crippen LogP contribution in [0.3, 0.4) is 0 Å². The molecule has 4 aromatic rings. The molecule has 0 unspecified atom stereocenters. The Morgan fingerprint density at radius 1 is 1.12 bits per heavy atom. The minimum atomic E-state index is -3.94.